The Balaban J connectivity index is 2.12. The molecule has 0 aliphatic rings. The summed E-state index contributed by atoms with van der Waals surface area (Å²) in [5.41, 5.74) is 2.84. The van der Waals surface area contributed by atoms with Gasteiger partial charge in [0.05, 0.1) is 27.9 Å². The number of halogens is 1. The van der Waals surface area contributed by atoms with Crippen molar-refractivity contribution in [1.82, 2.24) is 14.3 Å². The molecule has 0 fully saturated rings. The molecule has 1 aromatic carbocycles. The number of nitrogens with zero attached hydrogens (tertiary/aromatic N) is 3. The van der Waals surface area contributed by atoms with E-state index in [9.17, 15) is 14.7 Å². The van der Waals surface area contributed by atoms with Gasteiger partial charge in [0.25, 0.3) is 0 Å². The highest BCUT2D eigenvalue weighted by atomic mass is 79.9. The smallest absolute Gasteiger partial charge is 0.341 e. The topological polar surface area (TPSA) is 77.1 Å². The third kappa shape index (κ3) is 3.82. The second-order valence-corrected chi connectivity index (χ2v) is 7.68. The fourth-order valence-electron chi connectivity index (χ4n) is 3.12. The average molecular weight is 450 g/mol. The number of fused-ring (bicyclic) bond motifs is 1. The van der Waals surface area contributed by atoms with Crippen molar-refractivity contribution in [3.63, 3.8) is 0 Å². The molecule has 2 aromatic heterocycles. The first-order valence-electron chi connectivity index (χ1n) is 8.53. The van der Waals surface area contributed by atoms with Crippen LogP contribution in [0.15, 0.2) is 33.7 Å². The number of aromatic nitrogens is 3. The Kier molecular flexibility index (Phi) is 5.76. The third-order valence-corrected chi connectivity index (χ3v) is 6.02. The number of carbonyl (C=O) groups is 1. The van der Waals surface area contributed by atoms with E-state index in [2.05, 4.69) is 33.7 Å². The van der Waals surface area contributed by atoms with Crippen LogP contribution in [0.4, 0.5) is 0 Å². The Hall–Kier alpha value is -2.06. The first-order valence-corrected chi connectivity index (χ1v) is 9.95. The second kappa shape index (κ2) is 7.90. The molecule has 0 radical (unpaired) electrons. The summed E-state index contributed by atoms with van der Waals surface area (Å²) in [6.07, 6.45) is 2.20. The van der Waals surface area contributed by atoms with Gasteiger partial charge < -0.3 is 9.67 Å². The SMILES string of the molecule is Cc1nn(Cc2ccc3c(c2)c(=O)c(C(=O)O)cn3CCCS)c(C)c1Br. The van der Waals surface area contributed by atoms with Gasteiger partial charge in [-0.25, -0.2) is 4.79 Å². The van der Waals surface area contributed by atoms with Gasteiger partial charge >= 0.3 is 5.97 Å². The summed E-state index contributed by atoms with van der Waals surface area (Å²) in [5.74, 6) is -0.532. The number of carboxylic acids is 1. The largest absolute Gasteiger partial charge is 0.477 e. The van der Waals surface area contributed by atoms with Crippen LogP contribution < -0.4 is 5.43 Å². The Morgan fingerprint density at radius 1 is 1.33 bits per heavy atom. The summed E-state index contributed by atoms with van der Waals surface area (Å²) in [6, 6.07) is 5.59. The van der Waals surface area contributed by atoms with Crippen molar-refractivity contribution in [3.05, 3.63) is 61.6 Å². The van der Waals surface area contributed by atoms with Gasteiger partial charge in [0.2, 0.25) is 5.43 Å². The molecule has 0 aliphatic heterocycles. The van der Waals surface area contributed by atoms with Gasteiger partial charge in [-0.15, -0.1) is 0 Å². The zero-order valence-electron chi connectivity index (χ0n) is 15.1. The number of pyridine rings is 1. The van der Waals surface area contributed by atoms with Crippen LogP contribution in [0.5, 0.6) is 0 Å². The molecule has 0 atom stereocenters. The van der Waals surface area contributed by atoms with Crippen molar-refractivity contribution >= 4 is 45.4 Å². The highest BCUT2D eigenvalue weighted by molar-refractivity contribution is 9.10. The molecule has 1 N–H and O–H groups in total. The lowest BCUT2D eigenvalue weighted by molar-refractivity contribution is 0.0695. The number of thiol groups is 1. The Morgan fingerprint density at radius 3 is 2.67 bits per heavy atom. The molecule has 3 rings (SSSR count). The normalized spacial score (nSPS) is 11.3. The van der Waals surface area contributed by atoms with Crippen LogP contribution in [0, 0.1) is 13.8 Å². The minimum atomic E-state index is -1.21. The lowest BCUT2D eigenvalue weighted by Gasteiger charge is -2.13. The maximum atomic E-state index is 12.7. The van der Waals surface area contributed by atoms with Crippen LogP contribution in [0.3, 0.4) is 0 Å². The Morgan fingerprint density at radius 2 is 2.07 bits per heavy atom. The predicted octanol–water partition coefficient (Wildman–Crippen LogP) is 3.64. The molecule has 0 saturated heterocycles. The maximum Gasteiger partial charge on any atom is 0.341 e. The molecule has 0 saturated carbocycles. The quantitative estimate of drug-likeness (QED) is 0.563. The Bertz CT molecular complexity index is 1090. The van der Waals surface area contributed by atoms with E-state index in [1.807, 2.05) is 35.2 Å². The summed E-state index contributed by atoms with van der Waals surface area (Å²) >= 11 is 7.73. The molecule has 0 spiro atoms. The van der Waals surface area contributed by atoms with Crippen LogP contribution in [0.2, 0.25) is 0 Å². The molecule has 0 unspecified atom stereocenters. The average Bonchev–Trinajstić information content (AvgIpc) is 2.88. The molecule has 3 aromatic rings. The highest BCUT2D eigenvalue weighted by Gasteiger charge is 2.16. The maximum absolute atomic E-state index is 12.7. The van der Waals surface area contributed by atoms with Crippen molar-refractivity contribution in [3.8, 4) is 0 Å². The molecular formula is C19H20BrN3O3S. The van der Waals surface area contributed by atoms with Crippen molar-refractivity contribution in [2.24, 2.45) is 0 Å². The van der Waals surface area contributed by atoms with Crippen molar-refractivity contribution < 1.29 is 9.90 Å². The van der Waals surface area contributed by atoms with Crippen molar-refractivity contribution in [1.29, 1.82) is 0 Å². The van der Waals surface area contributed by atoms with E-state index in [-0.39, 0.29) is 5.56 Å². The zero-order valence-corrected chi connectivity index (χ0v) is 17.5. The van der Waals surface area contributed by atoms with Crippen molar-refractivity contribution in [2.45, 2.75) is 33.4 Å². The van der Waals surface area contributed by atoms with Crippen molar-refractivity contribution in [2.75, 3.05) is 5.75 Å². The van der Waals surface area contributed by atoms with E-state index < -0.39 is 11.4 Å². The van der Waals surface area contributed by atoms with Gasteiger partial charge in [-0.1, -0.05) is 6.07 Å². The number of rotatable bonds is 6. The summed E-state index contributed by atoms with van der Waals surface area (Å²) in [4.78, 5) is 24.2. The number of carboxylic acid groups (broad SMARTS) is 1. The van der Waals surface area contributed by atoms with Crippen LogP contribution in [-0.4, -0.2) is 31.2 Å². The molecule has 8 heteroatoms. The zero-order chi connectivity index (χ0) is 19.7. The van der Waals surface area contributed by atoms with E-state index in [0.717, 1.165) is 33.4 Å². The van der Waals surface area contributed by atoms with Gasteiger partial charge in [-0.2, -0.15) is 17.7 Å². The van der Waals surface area contributed by atoms with Gasteiger partial charge in [0.1, 0.15) is 5.56 Å². The van der Waals surface area contributed by atoms with Crippen LogP contribution in [0.1, 0.15) is 33.7 Å². The molecule has 142 valence electrons. The van der Waals surface area contributed by atoms with Crippen LogP contribution in [-0.2, 0) is 13.1 Å². The number of aromatic carboxylic acids is 1. The van der Waals surface area contributed by atoms with Gasteiger partial charge in [-0.05, 0) is 59.6 Å². The van der Waals surface area contributed by atoms with Crippen LogP contribution in [0.25, 0.3) is 10.9 Å². The van der Waals surface area contributed by atoms with Gasteiger partial charge in [0.15, 0.2) is 0 Å². The molecule has 0 amide bonds. The number of benzene rings is 1. The molecule has 0 aliphatic carbocycles. The number of hydrogen-bond acceptors (Lipinski definition) is 4. The molecule has 2 heterocycles. The monoisotopic (exact) mass is 449 g/mol. The van der Waals surface area contributed by atoms with E-state index >= 15 is 0 Å². The first-order chi connectivity index (χ1) is 12.8. The van der Waals surface area contributed by atoms with Gasteiger partial charge in [-0.3, -0.25) is 9.48 Å². The molecule has 0 bridgehead atoms. The second-order valence-electron chi connectivity index (χ2n) is 6.44. The lowest BCUT2D eigenvalue weighted by Crippen LogP contribution is -2.19. The first kappa shape index (κ1) is 19.7. The molecule has 6 nitrogen and oxygen atoms in total. The summed E-state index contributed by atoms with van der Waals surface area (Å²) < 4.78 is 4.65. The predicted molar refractivity (Wildman–Crippen MR) is 112 cm³/mol. The number of hydrogen-bond donors (Lipinski definition) is 2. The minimum absolute atomic E-state index is 0.215. The highest BCUT2D eigenvalue weighted by Crippen LogP contribution is 2.22. The summed E-state index contributed by atoms with van der Waals surface area (Å²) in [7, 11) is 0. The fourth-order valence-corrected chi connectivity index (χ4v) is 3.55. The summed E-state index contributed by atoms with van der Waals surface area (Å²) in [5, 5.41) is 14.3. The number of aryl methyl sites for hydroxylation is 2. The lowest BCUT2D eigenvalue weighted by atomic mass is 10.1. The third-order valence-electron chi connectivity index (χ3n) is 4.56. The van der Waals surface area contributed by atoms with Crippen LogP contribution >= 0.6 is 28.6 Å². The van der Waals surface area contributed by atoms with E-state index in [0.29, 0.717) is 24.2 Å². The minimum Gasteiger partial charge on any atom is -0.477 e. The van der Waals surface area contributed by atoms with Gasteiger partial charge in [0, 0.05) is 18.1 Å². The molecular weight excluding hydrogens is 430 g/mol. The molecule has 27 heavy (non-hydrogen) atoms. The van der Waals surface area contributed by atoms with E-state index in [1.165, 1.54) is 6.20 Å². The Labute approximate surface area is 170 Å². The summed E-state index contributed by atoms with van der Waals surface area (Å²) in [6.45, 7) is 5.00. The van der Waals surface area contributed by atoms with E-state index in [1.54, 1.807) is 6.07 Å². The fraction of sp³-hybridized carbons (Fsp3) is 0.316. The standard InChI is InChI=1S/C19H20BrN3O3S/c1-11-17(20)12(2)23(21-11)9-13-4-5-16-14(8-13)18(24)15(19(25)26)10-22(16)6-3-7-27/h4-5,8,10,27H,3,6-7,9H2,1-2H3,(H,25,26). The van der Waals surface area contributed by atoms with E-state index in [4.69, 9.17) is 0 Å².